The molecule has 0 radical (unpaired) electrons. The monoisotopic (exact) mass is 387 g/mol. The smallest absolute Gasteiger partial charge is 0.410 e. The molecule has 27 heavy (non-hydrogen) atoms. The minimum absolute atomic E-state index is 0.144. The lowest BCUT2D eigenvalue weighted by atomic mass is 9.85. The third-order valence-corrected chi connectivity index (χ3v) is 5.00. The molecule has 0 aliphatic carbocycles. The van der Waals surface area contributed by atoms with Gasteiger partial charge in [-0.2, -0.15) is 0 Å². The highest BCUT2D eigenvalue weighted by molar-refractivity contribution is 5.76. The van der Waals surface area contributed by atoms with Crippen molar-refractivity contribution in [1.29, 1.82) is 0 Å². The van der Waals surface area contributed by atoms with Crippen molar-refractivity contribution in [2.45, 2.75) is 92.8 Å². The van der Waals surface area contributed by atoms with Gasteiger partial charge in [-0.3, -0.25) is 4.79 Å². The largest absolute Gasteiger partial charge is 0.463 e. The second-order valence-electron chi connectivity index (χ2n) is 8.83. The zero-order valence-corrected chi connectivity index (χ0v) is 18.9. The molecule has 6 nitrogen and oxygen atoms in total. The predicted molar refractivity (Wildman–Crippen MR) is 108 cm³/mol. The standard InChI is InChI=1S/C21H41NO5/c1-10-20(7,8)26-16-14-22(18(24)27-19(4,5)6)13-15-25-17(23)21(9,11-2)12-3/h10-16H2,1-9H3. The Labute approximate surface area is 165 Å². The quantitative estimate of drug-likeness (QED) is 0.477. The summed E-state index contributed by atoms with van der Waals surface area (Å²) in [5.41, 5.74) is -1.31. The minimum atomic E-state index is -0.585. The van der Waals surface area contributed by atoms with E-state index in [4.69, 9.17) is 14.2 Å². The second kappa shape index (κ2) is 10.9. The van der Waals surface area contributed by atoms with Crippen LogP contribution in [0.4, 0.5) is 4.79 Å². The van der Waals surface area contributed by atoms with Crippen LogP contribution in [0.2, 0.25) is 0 Å². The van der Waals surface area contributed by atoms with Crippen molar-refractivity contribution in [1.82, 2.24) is 4.90 Å². The topological polar surface area (TPSA) is 65.1 Å². The molecule has 0 aromatic rings. The number of ether oxygens (including phenoxy) is 3. The van der Waals surface area contributed by atoms with E-state index in [2.05, 4.69) is 6.92 Å². The van der Waals surface area contributed by atoms with Gasteiger partial charge in [-0.1, -0.05) is 20.8 Å². The van der Waals surface area contributed by atoms with Crippen molar-refractivity contribution in [2.24, 2.45) is 5.41 Å². The van der Waals surface area contributed by atoms with E-state index in [9.17, 15) is 9.59 Å². The molecular formula is C21H41NO5. The number of esters is 1. The summed E-state index contributed by atoms with van der Waals surface area (Å²) in [6.45, 7) is 18.6. The van der Waals surface area contributed by atoms with Gasteiger partial charge in [0.15, 0.2) is 0 Å². The summed E-state index contributed by atoms with van der Waals surface area (Å²) >= 11 is 0. The maximum atomic E-state index is 12.5. The van der Waals surface area contributed by atoms with E-state index in [-0.39, 0.29) is 24.7 Å². The van der Waals surface area contributed by atoms with Gasteiger partial charge in [0.25, 0.3) is 0 Å². The van der Waals surface area contributed by atoms with E-state index in [1.165, 1.54) is 0 Å². The Morgan fingerprint density at radius 3 is 1.78 bits per heavy atom. The summed E-state index contributed by atoms with van der Waals surface area (Å²) in [7, 11) is 0. The fraction of sp³-hybridized carbons (Fsp3) is 0.905. The van der Waals surface area contributed by atoms with Gasteiger partial charge in [0.1, 0.15) is 12.2 Å². The molecule has 0 unspecified atom stereocenters. The van der Waals surface area contributed by atoms with Crippen LogP contribution < -0.4 is 0 Å². The number of rotatable bonds is 11. The van der Waals surface area contributed by atoms with Gasteiger partial charge >= 0.3 is 12.1 Å². The Kier molecular flexibility index (Phi) is 10.4. The van der Waals surface area contributed by atoms with Crippen LogP contribution >= 0.6 is 0 Å². The lowest BCUT2D eigenvalue weighted by molar-refractivity contribution is -0.155. The third kappa shape index (κ3) is 9.99. The number of nitrogens with zero attached hydrogens (tertiary/aromatic N) is 1. The number of hydrogen-bond donors (Lipinski definition) is 0. The van der Waals surface area contributed by atoms with Crippen LogP contribution in [0, 0.1) is 5.41 Å². The summed E-state index contributed by atoms with van der Waals surface area (Å²) in [6, 6.07) is 0. The number of carbonyl (C=O) groups excluding carboxylic acids is 2. The van der Waals surface area contributed by atoms with Gasteiger partial charge < -0.3 is 19.1 Å². The molecular weight excluding hydrogens is 346 g/mol. The first kappa shape index (κ1) is 25.7. The van der Waals surface area contributed by atoms with Gasteiger partial charge in [-0.25, -0.2) is 4.79 Å². The zero-order valence-electron chi connectivity index (χ0n) is 18.9. The first-order valence-electron chi connectivity index (χ1n) is 10.1. The number of amides is 1. The summed E-state index contributed by atoms with van der Waals surface area (Å²) in [5, 5.41) is 0. The van der Waals surface area contributed by atoms with E-state index in [0.717, 1.165) is 19.3 Å². The Morgan fingerprint density at radius 2 is 1.33 bits per heavy atom. The Balaban J connectivity index is 4.80. The van der Waals surface area contributed by atoms with Crippen LogP contribution in [0.25, 0.3) is 0 Å². The zero-order chi connectivity index (χ0) is 21.3. The molecule has 0 bridgehead atoms. The average Bonchev–Trinajstić information content (AvgIpc) is 2.57. The molecule has 0 aliphatic heterocycles. The van der Waals surface area contributed by atoms with Gasteiger partial charge in [0, 0.05) is 6.54 Å². The molecule has 0 saturated heterocycles. The van der Waals surface area contributed by atoms with Gasteiger partial charge in [0.2, 0.25) is 0 Å². The van der Waals surface area contributed by atoms with E-state index < -0.39 is 17.1 Å². The van der Waals surface area contributed by atoms with Gasteiger partial charge in [-0.05, 0) is 60.8 Å². The number of hydrogen-bond acceptors (Lipinski definition) is 5. The van der Waals surface area contributed by atoms with Crippen molar-refractivity contribution in [3.8, 4) is 0 Å². The molecule has 0 atom stereocenters. The Hall–Kier alpha value is -1.30. The molecule has 0 rings (SSSR count). The van der Waals surface area contributed by atoms with Crippen molar-refractivity contribution >= 4 is 12.1 Å². The lowest BCUT2D eigenvalue weighted by Crippen LogP contribution is -2.42. The molecule has 0 fully saturated rings. The highest BCUT2D eigenvalue weighted by atomic mass is 16.6. The van der Waals surface area contributed by atoms with Crippen LogP contribution in [0.5, 0.6) is 0 Å². The SMILES string of the molecule is CCC(C)(C)OCCN(CCOC(=O)C(C)(CC)CC)C(=O)OC(C)(C)C. The van der Waals surface area contributed by atoms with Crippen LogP contribution in [0.3, 0.4) is 0 Å². The van der Waals surface area contributed by atoms with Crippen molar-refractivity contribution < 1.29 is 23.8 Å². The first-order valence-corrected chi connectivity index (χ1v) is 10.1. The second-order valence-corrected chi connectivity index (χ2v) is 8.83. The third-order valence-electron chi connectivity index (χ3n) is 5.00. The molecule has 0 aromatic carbocycles. The van der Waals surface area contributed by atoms with E-state index in [1.54, 1.807) is 4.90 Å². The molecule has 0 aliphatic rings. The molecule has 0 saturated carbocycles. The Bertz CT molecular complexity index is 464. The lowest BCUT2D eigenvalue weighted by Gasteiger charge is -2.30. The average molecular weight is 388 g/mol. The normalized spacial score (nSPS) is 12.6. The van der Waals surface area contributed by atoms with E-state index >= 15 is 0 Å². The number of carbonyl (C=O) groups is 2. The first-order chi connectivity index (χ1) is 12.3. The fourth-order valence-electron chi connectivity index (χ4n) is 2.12. The van der Waals surface area contributed by atoms with Crippen LogP contribution in [-0.4, -0.2) is 54.5 Å². The molecule has 0 N–H and O–H groups in total. The molecule has 0 heterocycles. The van der Waals surface area contributed by atoms with Gasteiger partial charge in [-0.15, -0.1) is 0 Å². The summed E-state index contributed by atoms with van der Waals surface area (Å²) in [5.74, 6) is -0.222. The molecule has 160 valence electrons. The fourth-order valence-corrected chi connectivity index (χ4v) is 2.12. The summed E-state index contributed by atoms with van der Waals surface area (Å²) in [6.07, 6.45) is 1.89. The summed E-state index contributed by atoms with van der Waals surface area (Å²) in [4.78, 5) is 26.3. The molecule has 1 amide bonds. The van der Waals surface area contributed by atoms with Gasteiger partial charge in [0.05, 0.1) is 24.2 Å². The Morgan fingerprint density at radius 1 is 0.815 bits per heavy atom. The maximum absolute atomic E-state index is 12.5. The van der Waals surface area contributed by atoms with E-state index in [1.807, 2.05) is 55.4 Å². The molecule has 6 heteroatoms. The van der Waals surface area contributed by atoms with Crippen LogP contribution in [-0.2, 0) is 19.0 Å². The van der Waals surface area contributed by atoms with Crippen molar-refractivity contribution in [3.05, 3.63) is 0 Å². The highest BCUT2D eigenvalue weighted by Crippen LogP contribution is 2.26. The highest BCUT2D eigenvalue weighted by Gasteiger charge is 2.31. The summed E-state index contributed by atoms with van der Waals surface area (Å²) < 4.78 is 16.8. The minimum Gasteiger partial charge on any atom is -0.463 e. The van der Waals surface area contributed by atoms with Crippen molar-refractivity contribution in [2.75, 3.05) is 26.3 Å². The molecule has 0 spiro atoms. The van der Waals surface area contributed by atoms with Crippen LogP contribution in [0.15, 0.2) is 0 Å². The van der Waals surface area contributed by atoms with E-state index in [0.29, 0.717) is 13.2 Å². The van der Waals surface area contributed by atoms with Crippen molar-refractivity contribution in [3.63, 3.8) is 0 Å². The van der Waals surface area contributed by atoms with Crippen LogP contribution in [0.1, 0.15) is 81.6 Å². The maximum Gasteiger partial charge on any atom is 0.410 e. The predicted octanol–water partition coefficient (Wildman–Crippen LogP) is 4.80. The molecule has 0 aromatic heterocycles.